The van der Waals surface area contributed by atoms with Gasteiger partial charge in [0.2, 0.25) is 0 Å². The van der Waals surface area contributed by atoms with Crippen molar-refractivity contribution in [2.24, 2.45) is 7.05 Å². The Morgan fingerprint density at radius 3 is 1.90 bits per heavy atom. The van der Waals surface area contributed by atoms with Gasteiger partial charge in [0.25, 0.3) is 0 Å². The lowest BCUT2D eigenvalue weighted by atomic mass is 9.91. The third kappa shape index (κ3) is 3.53. The molecule has 148 valence electrons. The molecule has 2 nitrogen and oxygen atoms in total. The Hall–Kier alpha value is -3.65. The van der Waals surface area contributed by atoms with E-state index >= 15 is 0 Å². The summed E-state index contributed by atoms with van der Waals surface area (Å²) >= 11 is 0. The van der Waals surface area contributed by atoms with Crippen molar-refractivity contribution >= 4 is 28.3 Å². The standard InChI is InChI=1S/C28H25NO/c1-20(19-30)25(28-21(2)29(3)27-17-11-10-16-24(27)28)18-26(22-12-6-4-7-13-22)23-14-8-5-9-15-23/h4-19H,1-3H3/b25-20-. The molecule has 2 heteroatoms. The number of aryl methyl sites for hydroxylation is 1. The Labute approximate surface area is 177 Å². The Bertz CT molecular complexity index is 1220. The van der Waals surface area contributed by atoms with Crippen LogP contribution in [0.4, 0.5) is 0 Å². The first-order valence-electron chi connectivity index (χ1n) is 10.1. The van der Waals surface area contributed by atoms with Gasteiger partial charge in [-0.3, -0.25) is 4.79 Å². The highest BCUT2D eigenvalue weighted by molar-refractivity contribution is 6.05. The Morgan fingerprint density at radius 2 is 1.33 bits per heavy atom. The molecule has 1 heterocycles. The molecule has 0 radical (unpaired) electrons. The highest BCUT2D eigenvalue weighted by atomic mass is 16.1. The number of allylic oxidation sites excluding steroid dienone is 3. The summed E-state index contributed by atoms with van der Waals surface area (Å²) in [5.74, 6) is 0. The van der Waals surface area contributed by atoms with Crippen molar-refractivity contribution in [1.29, 1.82) is 0 Å². The minimum absolute atomic E-state index is 0.721. The van der Waals surface area contributed by atoms with E-state index in [1.54, 1.807) is 0 Å². The number of carbonyl (C=O) groups excluding carboxylic acids is 1. The average Bonchev–Trinajstić information content (AvgIpc) is 3.06. The van der Waals surface area contributed by atoms with Crippen LogP contribution in [0, 0.1) is 6.92 Å². The van der Waals surface area contributed by atoms with Gasteiger partial charge < -0.3 is 4.57 Å². The van der Waals surface area contributed by atoms with Crippen LogP contribution in [0.5, 0.6) is 0 Å². The zero-order valence-electron chi connectivity index (χ0n) is 17.6. The molecule has 0 saturated carbocycles. The van der Waals surface area contributed by atoms with Crippen LogP contribution in [0.2, 0.25) is 0 Å². The maximum atomic E-state index is 11.9. The van der Waals surface area contributed by atoms with Gasteiger partial charge in [-0.2, -0.15) is 0 Å². The molecule has 0 spiro atoms. The van der Waals surface area contributed by atoms with Crippen LogP contribution in [-0.4, -0.2) is 10.9 Å². The van der Waals surface area contributed by atoms with Crippen LogP contribution in [0.3, 0.4) is 0 Å². The van der Waals surface area contributed by atoms with Crippen LogP contribution in [0.15, 0.2) is 96.6 Å². The number of rotatable bonds is 5. The van der Waals surface area contributed by atoms with E-state index in [2.05, 4.69) is 73.1 Å². The SMILES string of the molecule is C/C(C=O)=C(\C=C(c1ccccc1)c1ccccc1)c1c(C)n(C)c2ccccc12. The molecule has 30 heavy (non-hydrogen) atoms. The quantitative estimate of drug-likeness (QED) is 0.214. The molecule has 4 rings (SSSR count). The van der Waals surface area contributed by atoms with Gasteiger partial charge in [0, 0.05) is 29.2 Å². The number of hydrogen-bond acceptors (Lipinski definition) is 1. The summed E-state index contributed by atoms with van der Waals surface area (Å²) < 4.78 is 2.20. The van der Waals surface area contributed by atoms with Gasteiger partial charge in [0.05, 0.1) is 0 Å². The maximum Gasteiger partial charge on any atom is 0.146 e. The summed E-state index contributed by atoms with van der Waals surface area (Å²) in [5, 5.41) is 1.16. The van der Waals surface area contributed by atoms with E-state index in [-0.39, 0.29) is 0 Å². The smallest absolute Gasteiger partial charge is 0.146 e. The average molecular weight is 392 g/mol. The molecular formula is C28H25NO. The van der Waals surface area contributed by atoms with E-state index in [1.165, 1.54) is 0 Å². The van der Waals surface area contributed by atoms with E-state index in [9.17, 15) is 4.79 Å². The lowest BCUT2D eigenvalue weighted by molar-refractivity contribution is -0.104. The van der Waals surface area contributed by atoms with Gasteiger partial charge in [0.1, 0.15) is 6.29 Å². The monoisotopic (exact) mass is 391 g/mol. The number of aldehydes is 1. The molecule has 0 atom stereocenters. The molecule has 0 N–H and O–H groups in total. The van der Waals surface area contributed by atoms with Gasteiger partial charge in [-0.15, -0.1) is 0 Å². The molecule has 3 aromatic carbocycles. The van der Waals surface area contributed by atoms with Crippen molar-refractivity contribution in [3.8, 4) is 0 Å². The van der Waals surface area contributed by atoms with Crippen LogP contribution in [0.1, 0.15) is 29.3 Å². The lowest BCUT2D eigenvalue weighted by Gasteiger charge is -2.13. The van der Waals surface area contributed by atoms with E-state index in [0.717, 1.165) is 56.3 Å². The van der Waals surface area contributed by atoms with Crippen molar-refractivity contribution < 1.29 is 4.79 Å². The van der Waals surface area contributed by atoms with Crippen molar-refractivity contribution in [3.63, 3.8) is 0 Å². The summed E-state index contributed by atoms with van der Waals surface area (Å²) in [6.07, 6.45) is 3.13. The van der Waals surface area contributed by atoms with Gasteiger partial charge >= 0.3 is 0 Å². The number of hydrogen-bond donors (Lipinski definition) is 0. The highest BCUT2D eigenvalue weighted by Crippen LogP contribution is 2.36. The predicted octanol–water partition coefficient (Wildman–Crippen LogP) is 6.59. The zero-order chi connectivity index (χ0) is 21.1. The second kappa shape index (κ2) is 8.38. The molecule has 1 aromatic heterocycles. The number of nitrogens with zero attached hydrogens (tertiary/aromatic N) is 1. The van der Waals surface area contributed by atoms with E-state index in [1.807, 2.05) is 43.3 Å². The minimum Gasteiger partial charge on any atom is -0.347 e. The van der Waals surface area contributed by atoms with Crippen molar-refractivity contribution in [2.45, 2.75) is 13.8 Å². The molecule has 0 aliphatic carbocycles. The molecule has 0 saturated heterocycles. The fourth-order valence-electron chi connectivity index (χ4n) is 4.02. The van der Waals surface area contributed by atoms with E-state index < -0.39 is 0 Å². The summed E-state index contributed by atoms with van der Waals surface area (Å²) in [5.41, 5.74) is 8.44. The molecule has 0 bridgehead atoms. The van der Waals surface area contributed by atoms with Crippen molar-refractivity contribution in [1.82, 2.24) is 4.57 Å². The van der Waals surface area contributed by atoms with Crippen molar-refractivity contribution in [3.05, 3.63) is 119 Å². The summed E-state index contributed by atoms with van der Waals surface area (Å²) in [6, 6.07) is 29.0. The van der Waals surface area contributed by atoms with Gasteiger partial charge in [-0.25, -0.2) is 0 Å². The minimum atomic E-state index is 0.721. The Morgan fingerprint density at radius 1 is 0.800 bits per heavy atom. The summed E-state index contributed by atoms with van der Waals surface area (Å²) in [7, 11) is 2.08. The maximum absolute atomic E-state index is 11.9. The molecule has 0 fully saturated rings. The Balaban J connectivity index is 2.04. The fourth-order valence-corrected chi connectivity index (χ4v) is 4.02. The third-order valence-corrected chi connectivity index (χ3v) is 5.73. The molecule has 0 amide bonds. The van der Waals surface area contributed by atoms with Crippen LogP contribution in [-0.2, 0) is 11.8 Å². The van der Waals surface area contributed by atoms with E-state index in [0.29, 0.717) is 0 Å². The highest BCUT2D eigenvalue weighted by Gasteiger charge is 2.17. The van der Waals surface area contributed by atoms with Gasteiger partial charge in [-0.05, 0) is 53.8 Å². The van der Waals surface area contributed by atoms with Gasteiger partial charge in [-0.1, -0.05) is 78.9 Å². The largest absolute Gasteiger partial charge is 0.347 e. The summed E-state index contributed by atoms with van der Waals surface area (Å²) in [6.45, 7) is 4.01. The third-order valence-electron chi connectivity index (χ3n) is 5.73. The first-order chi connectivity index (χ1) is 14.6. The van der Waals surface area contributed by atoms with Crippen LogP contribution in [0.25, 0.3) is 22.0 Å². The fraction of sp³-hybridized carbons (Fsp3) is 0.107. The number of para-hydroxylation sites is 1. The van der Waals surface area contributed by atoms with Gasteiger partial charge in [0.15, 0.2) is 0 Å². The van der Waals surface area contributed by atoms with Crippen molar-refractivity contribution in [2.75, 3.05) is 0 Å². The zero-order valence-corrected chi connectivity index (χ0v) is 17.6. The molecule has 0 aliphatic heterocycles. The molecule has 0 aliphatic rings. The Kier molecular flexibility index (Phi) is 5.49. The number of aromatic nitrogens is 1. The topological polar surface area (TPSA) is 22.0 Å². The first kappa shape index (κ1) is 19.7. The molecule has 0 unspecified atom stereocenters. The van der Waals surface area contributed by atoms with Crippen LogP contribution < -0.4 is 0 Å². The number of carbonyl (C=O) groups is 1. The first-order valence-corrected chi connectivity index (χ1v) is 10.1. The molecular weight excluding hydrogens is 366 g/mol. The predicted molar refractivity (Wildman–Crippen MR) is 126 cm³/mol. The van der Waals surface area contributed by atoms with Crippen LogP contribution >= 0.6 is 0 Å². The second-order valence-corrected chi connectivity index (χ2v) is 7.54. The lowest BCUT2D eigenvalue weighted by Crippen LogP contribution is -1.96. The number of benzene rings is 3. The molecule has 4 aromatic rings. The second-order valence-electron chi connectivity index (χ2n) is 7.54. The normalized spacial score (nSPS) is 11.8. The summed E-state index contributed by atoms with van der Waals surface area (Å²) in [4.78, 5) is 11.9. The van der Waals surface area contributed by atoms with E-state index in [4.69, 9.17) is 0 Å². The number of fused-ring (bicyclic) bond motifs is 1.